The summed E-state index contributed by atoms with van der Waals surface area (Å²) in [6.45, 7) is 1.97. The second-order valence-corrected chi connectivity index (χ2v) is 4.29. The molecule has 0 aliphatic carbocycles. The van der Waals surface area contributed by atoms with Crippen molar-refractivity contribution in [2.75, 3.05) is 11.1 Å². The van der Waals surface area contributed by atoms with E-state index in [1.54, 1.807) is 24.4 Å². The van der Waals surface area contributed by atoms with Crippen molar-refractivity contribution in [2.24, 2.45) is 5.73 Å². The number of hydrogen-bond acceptors (Lipinski definition) is 4. The van der Waals surface area contributed by atoms with Crippen LogP contribution in [0.25, 0.3) is 0 Å². The van der Waals surface area contributed by atoms with Gasteiger partial charge in [0.2, 0.25) is 5.91 Å². The van der Waals surface area contributed by atoms with Crippen LogP contribution in [0.5, 0.6) is 0 Å². The molecule has 2 aromatic rings. The minimum atomic E-state index is -0.478. The molecule has 1 aromatic carbocycles. The molecule has 1 atom stereocenters. The standard InChI is InChI=1S/C14H16N4O/c1-9(12-4-2-3-7-17-12)18-13-8-10(14(16)19)5-6-11(13)15/h2-9,18H,15H2,1H3,(H2,16,19). The molecular weight excluding hydrogens is 240 g/mol. The third-order valence-electron chi connectivity index (χ3n) is 2.84. The van der Waals surface area contributed by atoms with Crippen molar-refractivity contribution in [1.82, 2.24) is 4.98 Å². The number of pyridine rings is 1. The largest absolute Gasteiger partial charge is 0.397 e. The highest BCUT2D eigenvalue weighted by atomic mass is 16.1. The summed E-state index contributed by atoms with van der Waals surface area (Å²) in [6.07, 6.45) is 1.73. The zero-order chi connectivity index (χ0) is 13.8. The van der Waals surface area contributed by atoms with Gasteiger partial charge < -0.3 is 16.8 Å². The van der Waals surface area contributed by atoms with Gasteiger partial charge in [0.25, 0.3) is 0 Å². The molecule has 0 saturated carbocycles. The summed E-state index contributed by atoms with van der Waals surface area (Å²) in [5, 5.41) is 3.23. The number of amides is 1. The molecule has 1 heterocycles. The Balaban J connectivity index is 2.23. The van der Waals surface area contributed by atoms with E-state index in [9.17, 15) is 4.79 Å². The number of primary amides is 1. The summed E-state index contributed by atoms with van der Waals surface area (Å²) in [6, 6.07) is 10.6. The van der Waals surface area contributed by atoms with Crippen molar-refractivity contribution in [3.8, 4) is 0 Å². The van der Waals surface area contributed by atoms with E-state index < -0.39 is 5.91 Å². The van der Waals surface area contributed by atoms with Crippen molar-refractivity contribution in [2.45, 2.75) is 13.0 Å². The van der Waals surface area contributed by atoms with Crippen LogP contribution in [0.1, 0.15) is 29.0 Å². The smallest absolute Gasteiger partial charge is 0.248 e. The predicted octanol–water partition coefficient (Wildman–Crippen LogP) is 1.94. The van der Waals surface area contributed by atoms with Gasteiger partial charge in [-0.25, -0.2) is 0 Å². The molecule has 5 nitrogen and oxygen atoms in total. The monoisotopic (exact) mass is 256 g/mol. The summed E-state index contributed by atoms with van der Waals surface area (Å²) >= 11 is 0. The lowest BCUT2D eigenvalue weighted by Gasteiger charge is -2.16. The Hall–Kier alpha value is -2.56. The fourth-order valence-electron chi connectivity index (χ4n) is 1.77. The lowest BCUT2D eigenvalue weighted by molar-refractivity contribution is 0.100. The summed E-state index contributed by atoms with van der Waals surface area (Å²) in [5.41, 5.74) is 13.7. The first-order valence-electron chi connectivity index (χ1n) is 5.94. The molecule has 0 fully saturated rings. The van der Waals surface area contributed by atoms with Crippen LogP contribution in [0.2, 0.25) is 0 Å². The maximum atomic E-state index is 11.2. The quantitative estimate of drug-likeness (QED) is 0.728. The van der Waals surface area contributed by atoms with E-state index in [-0.39, 0.29) is 6.04 Å². The lowest BCUT2D eigenvalue weighted by atomic mass is 10.1. The minimum Gasteiger partial charge on any atom is -0.397 e. The molecule has 1 unspecified atom stereocenters. The molecule has 5 heteroatoms. The highest BCUT2D eigenvalue weighted by molar-refractivity contribution is 5.94. The zero-order valence-corrected chi connectivity index (χ0v) is 10.6. The second-order valence-electron chi connectivity index (χ2n) is 4.29. The first-order chi connectivity index (χ1) is 9.08. The Morgan fingerprint density at radius 1 is 1.32 bits per heavy atom. The number of hydrogen-bond donors (Lipinski definition) is 3. The summed E-state index contributed by atoms with van der Waals surface area (Å²) in [4.78, 5) is 15.4. The van der Waals surface area contributed by atoms with E-state index in [2.05, 4.69) is 10.3 Å². The van der Waals surface area contributed by atoms with Gasteiger partial charge in [-0.15, -0.1) is 0 Å². The molecule has 0 saturated heterocycles. The molecular formula is C14H16N4O. The first kappa shape index (κ1) is 12.9. The number of rotatable bonds is 4. The third kappa shape index (κ3) is 3.01. The average Bonchev–Trinajstić information content (AvgIpc) is 2.42. The molecule has 98 valence electrons. The van der Waals surface area contributed by atoms with Gasteiger partial charge in [-0.3, -0.25) is 9.78 Å². The van der Waals surface area contributed by atoms with E-state index in [1.807, 2.05) is 25.1 Å². The first-order valence-corrected chi connectivity index (χ1v) is 5.94. The maximum Gasteiger partial charge on any atom is 0.248 e. The number of carbonyl (C=O) groups is 1. The van der Waals surface area contributed by atoms with E-state index >= 15 is 0 Å². The second kappa shape index (κ2) is 5.39. The van der Waals surface area contributed by atoms with Crippen LogP contribution < -0.4 is 16.8 Å². The van der Waals surface area contributed by atoms with Crippen LogP contribution in [0.15, 0.2) is 42.6 Å². The highest BCUT2D eigenvalue weighted by Crippen LogP contribution is 2.24. The van der Waals surface area contributed by atoms with Gasteiger partial charge in [0.1, 0.15) is 0 Å². The molecule has 0 aliphatic heterocycles. The van der Waals surface area contributed by atoms with Crippen LogP contribution in [0, 0.1) is 0 Å². The van der Waals surface area contributed by atoms with Crippen LogP contribution in [-0.2, 0) is 0 Å². The zero-order valence-electron chi connectivity index (χ0n) is 10.6. The van der Waals surface area contributed by atoms with Crippen molar-refractivity contribution >= 4 is 17.3 Å². The third-order valence-corrected chi connectivity index (χ3v) is 2.84. The SMILES string of the molecule is CC(Nc1cc(C(N)=O)ccc1N)c1ccccn1. The van der Waals surface area contributed by atoms with Gasteiger partial charge >= 0.3 is 0 Å². The number of benzene rings is 1. The fraction of sp³-hybridized carbons (Fsp3) is 0.143. The molecule has 2 rings (SSSR count). The van der Waals surface area contributed by atoms with Crippen LogP contribution in [-0.4, -0.2) is 10.9 Å². The lowest BCUT2D eigenvalue weighted by Crippen LogP contribution is -2.14. The Labute approximate surface area is 111 Å². The predicted molar refractivity (Wildman–Crippen MR) is 75.6 cm³/mol. The number of aromatic nitrogens is 1. The van der Waals surface area contributed by atoms with E-state index in [0.717, 1.165) is 5.69 Å². The van der Waals surface area contributed by atoms with E-state index in [1.165, 1.54) is 0 Å². The molecule has 0 bridgehead atoms. The van der Waals surface area contributed by atoms with Crippen LogP contribution in [0.3, 0.4) is 0 Å². The minimum absolute atomic E-state index is 0.0216. The molecule has 19 heavy (non-hydrogen) atoms. The average molecular weight is 256 g/mol. The van der Waals surface area contributed by atoms with Crippen molar-refractivity contribution < 1.29 is 4.79 Å². The number of carbonyl (C=O) groups excluding carboxylic acids is 1. The van der Waals surface area contributed by atoms with Gasteiger partial charge in [0, 0.05) is 11.8 Å². The van der Waals surface area contributed by atoms with Crippen LogP contribution in [0.4, 0.5) is 11.4 Å². The maximum absolute atomic E-state index is 11.2. The number of anilines is 2. The Bertz CT molecular complexity index is 583. The van der Waals surface area contributed by atoms with Crippen LogP contribution >= 0.6 is 0 Å². The van der Waals surface area contributed by atoms with Gasteiger partial charge in [0.15, 0.2) is 0 Å². The molecule has 5 N–H and O–H groups in total. The summed E-state index contributed by atoms with van der Waals surface area (Å²) in [7, 11) is 0. The Kier molecular flexibility index (Phi) is 3.66. The van der Waals surface area contributed by atoms with Crippen molar-refractivity contribution in [3.63, 3.8) is 0 Å². The molecule has 0 aliphatic rings. The molecule has 1 amide bonds. The summed E-state index contributed by atoms with van der Waals surface area (Å²) in [5.74, 6) is -0.478. The van der Waals surface area contributed by atoms with E-state index in [4.69, 9.17) is 11.5 Å². The molecule has 0 radical (unpaired) electrons. The highest BCUT2D eigenvalue weighted by Gasteiger charge is 2.10. The van der Waals surface area contributed by atoms with Gasteiger partial charge in [-0.05, 0) is 37.3 Å². The molecule has 1 aromatic heterocycles. The topological polar surface area (TPSA) is 94.0 Å². The van der Waals surface area contributed by atoms with Gasteiger partial charge in [-0.1, -0.05) is 6.07 Å². The molecule has 0 spiro atoms. The Morgan fingerprint density at radius 2 is 2.11 bits per heavy atom. The Morgan fingerprint density at radius 3 is 2.74 bits per heavy atom. The van der Waals surface area contributed by atoms with E-state index in [0.29, 0.717) is 16.9 Å². The van der Waals surface area contributed by atoms with Crippen molar-refractivity contribution in [1.29, 1.82) is 0 Å². The fourth-order valence-corrected chi connectivity index (χ4v) is 1.77. The van der Waals surface area contributed by atoms with Gasteiger partial charge in [0.05, 0.1) is 23.1 Å². The normalized spacial score (nSPS) is 11.8. The number of nitrogens with two attached hydrogens (primary N) is 2. The summed E-state index contributed by atoms with van der Waals surface area (Å²) < 4.78 is 0. The number of nitrogens with zero attached hydrogens (tertiary/aromatic N) is 1. The number of nitrogen functional groups attached to an aromatic ring is 1. The van der Waals surface area contributed by atoms with Gasteiger partial charge in [-0.2, -0.15) is 0 Å². The van der Waals surface area contributed by atoms with Crippen molar-refractivity contribution in [3.05, 3.63) is 53.9 Å². The number of nitrogens with one attached hydrogen (secondary N) is 1.